The predicted molar refractivity (Wildman–Crippen MR) is 110 cm³/mol. The number of benzene rings is 1. The van der Waals surface area contributed by atoms with Crippen LogP contribution in [0.4, 0.5) is 0 Å². The number of carbonyl (C=O) groups is 1. The minimum atomic E-state index is -0.948. The van der Waals surface area contributed by atoms with E-state index in [9.17, 15) is 9.90 Å². The van der Waals surface area contributed by atoms with Crippen LogP contribution in [0, 0.1) is 12.8 Å². The number of aliphatic hydroxyl groups is 1. The fourth-order valence-electron chi connectivity index (χ4n) is 4.52. The fraction of sp³-hybridized carbons (Fsp3) is 0.391. The molecule has 3 heterocycles. The van der Waals surface area contributed by atoms with Crippen LogP contribution in [0.5, 0.6) is 0 Å². The van der Waals surface area contributed by atoms with Crippen molar-refractivity contribution >= 4 is 5.91 Å². The quantitative estimate of drug-likeness (QED) is 0.698. The van der Waals surface area contributed by atoms with Crippen molar-refractivity contribution in [3.05, 3.63) is 53.5 Å². The van der Waals surface area contributed by atoms with Gasteiger partial charge < -0.3 is 14.4 Å². The molecule has 1 aliphatic carbocycles. The van der Waals surface area contributed by atoms with E-state index in [-0.39, 0.29) is 11.9 Å². The van der Waals surface area contributed by atoms with E-state index in [1.165, 1.54) is 0 Å². The lowest BCUT2D eigenvalue weighted by Gasteiger charge is -2.37. The van der Waals surface area contributed by atoms with Crippen LogP contribution in [-0.4, -0.2) is 42.7 Å². The maximum Gasteiger partial charge on any atom is 0.257 e. The van der Waals surface area contributed by atoms with E-state index in [1.807, 2.05) is 35.2 Å². The third-order valence-corrected chi connectivity index (χ3v) is 5.91. The Kier molecular flexibility index (Phi) is 4.25. The molecule has 1 fully saturated rings. The van der Waals surface area contributed by atoms with Crippen LogP contribution in [0.25, 0.3) is 22.7 Å². The van der Waals surface area contributed by atoms with Gasteiger partial charge in [0.15, 0.2) is 0 Å². The summed E-state index contributed by atoms with van der Waals surface area (Å²) >= 11 is 0. The van der Waals surface area contributed by atoms with Gasteiger partial charge >= 0.3 is 0 Å². The highest BCUT2D eigenvalue weighted by atomic mass is 16.4. The monoisotopic (exact) mass is 404 g/mol. The molecule has 7 heteroatoms. The zero-order valence-electron chi connectivity index (χ0n) is 17.3. The molecule has 2 aliphatic rings. The standard InChI is InChI=1S/C23H24N4O3/c1-13-25-26-21(30-13)16-8-4-14(5-9-16)19-18-17(10-11-24-19)12-27(22(18)28)20(15-6-7-15)23(2,3)29/h4-5,8-11,15,20,29H,6-7,12H2,1-3H3/t20-/m0/s1. The van der Waals surface area contributed by atoms with Crippen molar-refractivity contribution in [2.24, 2.45) is 5.92 Å². The fourth-order valence-corrected chi connectivity index (χ4v) is 4.52. The van der Waals surface area contributed by atoms with Crippen LogP contribution < -0.4 is 0 Å². The first-order valence-corrected chi connectivity index (χ1v) is 10.2. The lowest BCUT2D eigenvalue weighted by molar-refractivity contribution is -0.0224. The zero-order chi connectivity index (χ0) is 21.0. The number of amides is 1. The molecule has 0 bridgehead atoms. The summed E-state index contributed by atoms with van der Waals surface area (Å²) in [6.45, 7) is 5.85. The van der Waals surface area contributed by atoms with Crippen molar-refractivity contribution in [3.8, 4) is 22.7 Å². The van der Waals surface area contributed by atoms with E-state index in [4.69, 9.17) is 4.42 Å². The molecule has 2 aromatic heterocycles. The molecule has 0 spiro atoms. The molecule has 0 saturated heterocycles. The van der Waals surface area contributed by atoms with Crippen LogP contribution in [0.2, 0.25) is 0 Å². The van der Waals surface area contributed by atoms with Gasteiger partial charge in [-0.15, -0.1) is 10.2 Å². The van der Waals surface area contributed by atoms with E-state index in [0.717, 1.165) is 29.5 Å². The topological polar surface area (TPSA) is 92.4 Å². The predicted octanol–water partition coefficient (Wildman–Crippen LogP) is 3.61. The van der Waals surface area contributed by atoms with Gasteiger partial charge in [0, 0.05) is 30.8 Å². The molecule has 7 nitrogen and oxygen atoms in total. The van der Waals surface area contributed by atoms with Crippen molar-refractivity contribution in [2.75, 3.05) is 0 Å². The number of pyridine rings is 1. The van der Waals surface area contributed by atoms with E-state index in [2.05, 4.69) is 15.2 Å². The number of aromatic nitrogens is 3. The van der Waals surface area contributed by atoms with Crippen LogP contribution in [0.15, 0.2) is 40.9 Å². The SMILES string of the molecule is Cc1nnc(-c2ccc(-c3nccc4c3C(=O)N([C@@H](C3CC3)C(C)(C)O)C4)cc2)o1. The first kappa shape index (κ1) is 18.9. The molecule has 1 aromatic carbocycles. The van der Waals surface area contributed by atoms with Crippen molar-refractivity contribution in [2.45, 2.75) is 51.8 Å². The van der Waals surface area contributed by atoms with Crippen LogP contribution in [0.1, 0.15) is 48.5 Å². The Hall–Kier alpha value is -3.06. The number of carbonyl (C=O) groups excluding carboxylic acids is 1. The van der Waals surface area contributed by atoms with Crippen molar-refractivity contribution < 1.29 is 14.3 Å². The maximum atomic E-state index is 13.4. The Labute approximate surface area is 174 Å². The van der Waals surface area contributed by atoms with Crippen LogP contribution in [0.3, 0.4) is 0 Å². The number of fused-ring (bicyclic) bond motifs is 1. The Morgan fingerprint density at radius 3 is 2.43 bits per heavy atom. The third-order valence-electron chi connectivity index (χ3n) is 5.91. The molecule has 154 valence electrons. The van der Waals surface area contributed by atoms with E-state index < -0.39 is 5.60 Å². The lowest BCUT2D eigenvalue weighted by atomic mass is 9.93. The van der Waals surface area contributed by atoms with Gasteiger partial charge in [0.1, 0.15) is 0 Å². The second-order valence-corrected chi connectivity index (χ2v) is 8.77. The van der Waals surface area contributed by atoms with E-state index >= 15 is 0 Å². The molecule has 0 unspecified atom stereocenters. The first-order valence-electron chi connectivity index (χ1n) is 10.2. The Morgan fingerprint density at radius 2 is 1.83 bits per heavy atom. The van der Waals surface area contributed by atoms with Gasteiger partial charge in [0.2, 0.25) is 11.8 Å². The van der Waals surface area contributed by atoms with E-state index in [0.29, 0.717) is 35.5 Å². The Balaban J connectivity index is 1.49. The van der Waals surface area contributed by atoms with Gasteiger partial charge in [-0.05, 0) is 56.4 Å². The molecule has 3 aromatic rings. The number of nitrogens with zero attached hydrogens (tertiary/aromatic N) is 4. The summed E-state index contributed by atoms with van der Waals surface area (Å²) in [6.07, 6.45) is 3.85. The van der Waals surface area contributed by atoms with Gasteiger partial charge in [-0.25, -0.2) is 0 Å². The molecule has 1 saturated carbocycles. The summed E-state index contributed by atoms with van der Waals surface area (Å²) in [7, 11) is 0. The Bertz CT molecular complexity index is 1110. The average molecular weight is 404 g/mol. The summed E-state index contributed by atoms with van der Waals surface area (Å²) < 4.78 is 5.48. The van der Waals surface area contributed by atoms with Gasteiger partial charge in [-0.1, -0.05) is 12.1 Å². The number of hydrogen-bond acceptors (Lipinski definition) is 6. The summed E-state index contributed by atoms with van der Waals surface area (Å²) in [5, 5.41) is 18.7. The summed E-state index contributed by atoms with van der Waals surface area (Å²) in [4.78, 5) is 19.8. The minimum Gasteiger partial charge on any atom is -0.421 e. The molecule has 30 heavy (non-hydrogen) atoms. The van der Waals surface area contributed by atoms with Crippen molar-refractivity contribution in [1.29, 1.82) is 0 Å². The minimum absolute atomic E-state index is 0.0521. The summed E-state index contributed by atoms with van der Waals surface area (Å²) in [5.74, 6) is 1.28. The highest BCUT2D eigenvalue weighted by Gasteiger charge is 2.48. The molecule has 1 atom stereocenters. The Morgan fingerprint density at radius 1 is 1.13 bits per heavy atom. The molecular weight excluding hydrogens is 380 g/mol. The smallest absolute Gasteiger partial charge is 0.257 e. The number of hydrogen-bond donors (Lipinski definition) is 1. The first-order chi connectivity index (χ1) is 14.3. The number of rotatable bonds is 5. The van der Waals surface area contributed by atoms with Crippen molar-refractivity contribution in [3.63, 3.8) is 0 Å². The van der Waals surface area contributed by atoms with Crippen LogP contribution in [-0.2, 0) is 6.54 Å². The highest BCUT2D eigenvalue weighted by Crippen LogP contribution is 2.43. The molecule has 1 N–H and O–H groups in total. The van der Waals surface area contributed by atoms with Gasteiger partial charge in [0.25, 0.3) is 5.91 Å². The number of aryl methyl sites for hydroxylation is 1. The highest BCUT2D eigenvalue weighted by molar-refractivity contribution is 6.04. The molecule has 1 amide bonds. The van der Waals surface area contributed by atoms with Gasteiger partial charge in [-0.3, -0.25) is 9.78 Å². The van der Waals surface area contributed by atoms with Gasteiger partial charge in [-0.2, -0.15) is 0 Å². The van der Waals surface area contributed by atoms with Crippen LogP contribution >= 0.6 is 0 Å². The zero-order valence-corrected chi connectivity index (χ0v) is 17.3. The maximum absolute atomic E-state index is 13.4. The largest absolute Gasteiger partial charge is 0.421 e. The molecule has 5 rings (SSSR count). The molecule has 1 aliphatic heterocycles. The third kappa shape index (κ3) is 3.19. The summed E-state index contributed by atoms with van der Waals surface area (Å²) in [6, 6.07) is 9.34. The van der Waals surface area contributed by atoms with E-state index in [1.54, 1.807) is 27.0 Å². The van der Waals surface area contributed by atoms with Crippen molar-refractivity contribution in [1.82, 2.24) is 20.1 Å². The lowest BCUT2D eigenvalue weighted by Crippen LogP contribution is -2.51. The average Bonchev–Trinajstić information content (AvgIpc) is 3.35. The normalized spacial score (nSPS) is 17.3. The van der Waals surface area contributed by atoms with Gasteiger partial charge in [0.05, 0.1) is 22.9 Å². The second-order valence-electron chi connectivity index (χ2n) is 8.77. The second kappa shape index (κ2) is 6.74. The molecular formula is C23H24N4O3. The molecule has 0 radical (unpaired) electrons. The summed E-state index contributed by atoms with van der Waals surface area (Å²) in [5.41, 5.74) is 2.98.